The summed E-state index contributed by atoms with van der Waals surface area (Å²) in [7, 11) is 1.60. The predicted molar refractivity (Wildman–Crippen MR) is 86.6 cm³/mol. The molecule has 0 saturated carbocycles. The van der Waals surface area contributed by atoms with Crippen LogP contribution in [0.5, 0.6) is 5.88 Å². The smallest absolute Gasteiger partial charge is 0.232 e. The van der Waals surface area contributed by atoms with Crippen molar-refractivity contribution in [2.24, 2.45) is 0 Å². The maximum atomic E-state index is 9.66. The van der Waals surface area contributed by atoms with Crippen molar-refractivity contribution in [3.8, 4) is 23.4 Å². The van der Waals surface area contributed by atoms with E-state index in [1.807, 2.05) is 19.9 Å². The summed E-state index contributed by atoms with van der Waals surface area (Å²) in [5, 5.41) is 9.66. The number of rotatable bonds is 5. The second-order valence-electron chi connectivity index (χ2n) is 6.25. The molecule has 0 fully saturated rings. The molecule has 1 aliphatic rings. The number of hydrogen-bond donors (Lipinski definition) is 0. The Kier molecular flexibility index (Phi) is 4.56. The molecule has 0 unspecified atom stereocenters. The average Bonchev–Trinajstić information content (AvgIpc) is 3.07. The van der Waals surface area contributed by atoms with Crippen molar-refractivity contribution in [1.82, 2.24) is 4.98 Å². The molecule has 3 rings (SSSR count). The molecule has 24 heavy (non-hydrogen) atoms. The molecule has 126 valence electrons. The standard InChI is InChI=1S/C18H20N2O4/c1-18(2)9-12-13(10-19)17(23-8-7-21-3)20-16(14(12)11-24-18)15-5-4-6-22-15/h4-6H,7-9,11H2,1-3H3. The molecule has 0 aromatic carbocycles. The van der Waals surface area contributed by atoms with Crippen molar-refractivity contribution < 1.29 is 18.6 Å². The quantitative estimate of drug-likeness (QED) is 0.785. The van der Waals surface area contributed by atoms with E-state index in [9.17, 15) is 5.26 Å². The van der Waals surface area contributed by atoms with Gasteiger partial charge in [-0.15, -0.1) is 0 Å². The normalized spacial score (nSPS) is 15.6. The lowest BCUT2D eigenvalue weighted by atomic mass is 9.88. The van der Waals surface area contributed by atoms with Crippen molar-refractivity contribution in [3.63, 3.8) is 0 Å². The molecule has 2 aromatic heterocycles. The fourth-order valence-corrected chi connectivity index (χ4v) is 2.80. The zero-order valence-electron chi connectivity index (χ0n) is 14.1. The lowest BCUT2D eigenvalue weighted by Gasteiger charge is -2.33. The van der Waals surface area contributed by atoms with Crippen LogP contribution in [0.1, 0.15) is 30.5 Å². The number of fused-ring (bicyclic) bond motifs is 1. The highest BCUT2D eigenvalue weighted by molar-refractivity contribution is 5.65. The van der Waals surface area contributed by atoms with Crippen molar-refractivity contribution in [2.75, 3.05) is 20.3 Å². The molecule has 0 bridgehead atoms. The fourth-order valence-electron chi connectivity index (χ4n) is 2.80. The number of nitrogens with zero attached hydrogens (tertiary/aromatic N) is 2. The largest absolute Gasteiger partial charge is 0.474 e. The number of aromatic nitrogens is 1. The second-order valence-corrected chi connectivity index (χ2v) is 6.25. The van der Waals surface area contributed by atoms with E-state index >= 15 is 0 Å². The number of pyridine rings is 1. The van der Waals surface area contributed by atoms with Gasteiger partial charge in [0, 0.05) is 19.1 Å². The number of furan rings is 1. The summed E-state index contributed by atoms with van der Waals surface area (Å²) in [5.74, 6) is 0.952. The Balaban J connectivity index is 2.13. The minimum absolute atomic E-state index is 0.317. The maximum Gasteiger partial charge on any atom is 0.232 e. The molecule has 6 nitrogen and oxygen atoms in total. The first-order chi connectivity index (χ1) is 11.6. The Morgan fingerprint density at radius 1 is 1.33 bits per heavy atom. The Bertz CT molecular complexity index is 760. The Labute approximate surface area is 141 Å². The molecule has 0 radical (unpaired) electrons. The van der Waals surface area contributed by atoms with E-state index in [1.165, 1.54) is 0 Å². The number of methoxy groups -OCH3 is 1. The summed E-state index contributed by atoms with van der Waals surface area (Å²) in [6.45, 7) is 5.16. The third-order valence-electron chi connectivity index (χ3n) is 3.98. The third kappa shape index (κ3) is 3.14. The summed E-state index contributed by atoms with van der Waals surface area (Å²) in [5.41, 5.74) is 2.59. The minimum atomic E-state index is -0.343. The molecule has 0 spiro atoms. The summed E-state index contributed by atoms with van der Waals surface area (Å²) in [6.07, 6.45) is 2.21. The SMILES string of the molecule is COCCOc1nc(-c2ccco2)c2c(c1C#N)CC(C)(C)OC2. The first-order valence-electron chi connectivity index (χ1n) is 7.81. The van der Waals surface area contributed by atoms with Gasteiger partial charge in [-0.3, -0.25) is 0 Å². The van der Waals surface area contributed by atoms with Gasteiger partial charge >= 0.3 is 0 Å². The van der Waals surface area contributed by atoms with Crippen LogP contribution in [0.4, 0.5) is 0 Å². The molecule has 0 aliphatic carbocycles. The molecular formula is C18H20N2O4. The zero-order chi connectivity index (χ0) is 17.2. The lowest BCUT2D eigenvalue weighted by molar-refractivity contribution is -0.0402. The Hall–Kier alpha value is -2.36. The van der Waals surface area contributed by atoms with Crippen LogP contribution in [0, 0.1) is 11.3 Å². The summed E-state index contributed by atoms with van der Waals surface area (Å²) < 4.78 is 22.1. The first-order valence-corrected chi connectivity index (χ1v) is 7.81. The molecular weight excluding hydrogens is 308 g/mol. The van der Waals surface area contributed by atoms with Gasteiger partial charge in [0.05, 0.1) is 25.1 Å². The van der Waals surface area contributed by atoms with E-state index in [2.05, 4.69) is 11.1 Å². The maximum absolute atomic E-state index is 9.66. The van der Waals surface area contributed by atoms with Crippen molar-refractivity contribution in [2.45, 2.75) is 32.5 Å². The summed E-state index contributed by atoms with van der Waals surface area (Å²) in [6, 6.07) is 5.89. The van der Waals surface area contributed by atoms with E-state index in [0.29, 0.717) is 49.1 Å². The van der Waals surface area contributed by atoms with Gasteiger partial charge in [0.1, 0.15) is 23.9 Å². The molecule has 1 aliphatic heterocycles. The number of ether oxygens (including phenoxy) is 3. The molecule has 6 heteroatoms. The number of hydrogen-bond acceptors (Lipinski definition) is 6. The molecule has 0 N–H and O–H groups in total. The Morgan fingerprint density at radius 2 is 2.17 bits per heavy atom. The molecule has 0 saturated heterocycles. The van der Waals surface area contributed by atoms with Crippen LogP contribution in [-0.4, -0.2) is 30.9 Å². The summed E-state index contributed by atoms with van der Waals surface area (Å²) >= 11 is 0. The van der Waals surface area contributed by atoms with E-state index in [1.54, 1.807) is 19.4 Å². The van der Waals surface area contributed by atoms with Crippen LogP contribution >= 0.6 is 0 Å². The predicted octanol–water partition coefficient (Wildman–Crippen LogP) is 3.09. The van der Waals surface area contributed by atoms with Crippen LogP contribution in [-0.2, 0) is 22.5 Å². The second kappa shape index (κ2) is 6.63. The van der Waals surface area contributed by atoms with E-state index in [0.717, 1.165) is 11.1 Å². The van der Waals surface area contributed by atoms with Crippen LogP contribution in [0.2, 0.25) is 0 Å². The molecule has 3 heterocycles. The molecule has 0 atom stereocenters. The first kappa shape index (κ1) is 16.5. The summed E-state index contributed by atoms with van der Waals surface area (Å²) in [4.78, 5) is 4.54. The van der Waals surface area contributed by atoms with Gasteiger partial charge in [-0.2, -0.15) is 5.26 Å². The zero-order valence-corrected chi connectivity index (χ0v) is 14.1. The van der Waals surface area contributed by atoms with Gasteiger partial charge < -0.3 is 18.6 Å². The lowest BCUT2D eigenvalue weighted by Crippen LogP contribution is -2.33. The monoisotopic (exact) mass is 328 g/mol. The van der Waals surface area contributed by atoms with Gasteiger partial charge in [-0.05, 0) is 31.5 Å². The minimum Gasteiger partial charge on any atom is -0.474 e. The Morgan fingerprint density at radius 3 is 2.83 bits per heavy atom. The van der Waals surface area contributed by atoms with Crippen molar-refractivity contribution in [1.29, 1.82) is 5.26 Å². The highest BCUT2D eigenvalue weighted by Gasteiger charge is 2.33. The van der Waals surface area contributed by atoms with Crippen LogP contribution in [0.3, 0.4) is 0 Å². The van der Waals surface area contributed by atoms with Gasteiger partial charge in [0.15, 0.2) is 5.76 Å². The van der Waals surface area contributed by atoms with Crippen LogP contribution in [0.15, 0.2) is 22.8 Å². The average molecular weight is 328 g/mol. The van der Waals surface area contributed by atoms with Crippen LogP contribution < -0.4 is 4.74 Å². The van der Waals surface area contributed by atoms with E-state index < -0.39 is 0 Å². The van der Waals surface area contributed by atoms with E-state index in [4.69, 9.17) is 18.6 Å². The van der Waals surface area contributed by atoms with Gasteiger partial charge in [0.2, 0.25) is 5.88 Å². The highest BCUT2D eigenvalue weighted by Crippen LogP contribution is 2.38. The third-order valence-corrected chi connectivity index (χ3v) is 3.98. The van der Waals surface area contributed by atoms with Gasteiger partial charge in [0.25, 0.3) is 0 Å². The fraction of sp³-hybridized carbons (Fsp3) is 0.444. The molecule has 2 aromatic rings. The van der Waals surface area contributed by atoms with Crippen molar-refractivity contribution >= 4 is 0 Å². The highest BCUT2D eigenvalue weighted by atomic mass is 16.5. The van der Waals surface area contributed by atoms with Gasteiger partial charge in [-0.25, -0.2) is 4.98 Å². The van der Waals surface area contributed by atoms with Gasteiger partial charge in [-0.1, -0.05) is 0 Å². The van der Waals surface area contributed by atoms with Crippen molar-refractivity contribution in [3.05, 3.63) is 35.1 Å². The van der Waals surface area contributed by atoms with E-state index in [-0.39, 0.29) is 5.60 Å². The topological polar surface area (TPSA) is 77.5 Å². The molecule has 0 amide bonds. The van der Waals surface area contributed by atoms with Crippen LogP contribution in [0.25, 0.3) is 11.5 Å². The number of nitriles is 1.